The van der Waals surface area contributed by atoms with Gasteiger partial charge in [0.15, 0.2) is 11.5 Å². The third-order valence-corrected chi connectivity index (χ3v) is 8.15. The highest BCUT2D eigenvalue weighted by Crippen LogP contribution is 2.49. The Hall–Kier alpha value is -3.83. The zero-order chi connectivity index (χ0) is 27.1. The molecule has 3 aromatic carbocycles. The summed E-state index contributed by atoms with van der Waals surface area (Å²) in [6.45, 7) is 0. The van der Waals surface area contributed by atoms with Crippen LogP contribution < -0.4 is 19.5 Å². The van der Waals surface area contributed by atoms with E-state index >= 15 is 0 Å². The summed E-state index contributed by atoms with van der Waals surface area (Å²) in [7, 11) is 1.48. The molecule has 0 spiro atoms. The summed E-state index contributed by atoms with van der Waals surface area (Å²) in [5.41, 5.74) is 3.82. The maximum Gasteiger partial charge on any atom is 0.312 e. The van der Waals surface area contributed by atoms with Crippen molar-refractivity contribution in [3.05, 3.63) is 87.9 Å². The fourth-order valence-electron chi connectivity index (χ4n) is 4.85. The number of rotatable bonds is 6. The minimum absolute atomic E-state index is 0.0345. The average molecular weight is 608 g/mol. The predicted octanol–water partition coefficient (Wildman–Crippen LogP) is 5.35. The van der Waals surface area contributed by atoms with Crippen LogP contribution in [-0.4, -0.2) is 40.2 Å². The van der Waals surface area contributed by atoms with Crippen molar-refractivity contribution in [1.82, 2.24) is 10.3 Å². The van der Waals surface area contributed by atoms with Crippen molar-refractivity contribution < 1.29 is 28.6 Å². The number of ether oxygens (including phenoxy) is 3. The highest BCUT2D eigenvalue weighted by molar-refractivity contribution is 9.10. The summed E-state index contributed by atoms with van der Waals surface area (Å²) >= 11 is 4.36. The first-order chi connectivity index (χ1) is 18.9. The number of methoxy groups -OCH3 is 1. The molecule has 1 fully saturated rings. The molecule has 3 atom stereocenters. The van der Waals surface area contributed by atoms with E-state index in [1.54, 1.807) is 18.2 Å². The molecule has 0 aromatic heterocycles. The highest BCUT2D eigenvalue weighted by atomic mass is 79.9. The number of carbonyl (C=O) groups is 3. The van der Waals surface area contributed by atoms with E-state index in [-0.39, 0.29) is 18.2 Å². The Labute approximate surface area is 236 Å². The van der Waals surface area contributed by atoms with Gasteiger partial charge in [0.2, 0.25) is 12.1 Å². The number of carbonyl (C=O) groups excluding carboxylic acids is 3. The number of benzene rings is 3. The van der Waals surface area contributed by atoms with Gasteiger partial charge in [0.25, 0.3) is 5.24 Å². The topological polar surface area (TPSA) is 107 Å². The molecule has 1 N–H and O–H groups in total. The van der Waals surface area contributed by atoms with Gasteiger partial charge in [0.05, 0.1) is 25.3 Å². The highest BCUT2D eigenvalue weighted by Gasteiger charge is 2.41. The third kappa shape index (κ3) is 4.99. The van der Waals surface area contributed by atoms with Gasteiger partial charge in [0, 0.05) is 22.0 Å². The zero-order valence-corrected chi connectivity index (χ0v) is 23.0. The molecular weight excluding hydrogens is 586 g/mol. The first-order valence-electron chi connectivity index (χ1n) is 12.2. The van der Waals surface area contributed by atoms with Crippen LogP contribution in [-0.2, 0) is 9.59 Å². The molecule has 0 unspecified atom stereocenters. The van der Waals surface area contributed by atoms with Crippen molar-refractivity contribution in [2.75, 3.05) is 7.11 Å². The molecule has 3 heterocycles. The Bertz CT molecular complexity index is 1510. The Morgan fingerprint density at radius 1 is 1.13 bits per heavy atom. The normalized spacial score (nSPS) is 21.4. The lowest BCUT2D eigenvalue weighted by molar-refractivity contribution is -0.136. The van der Waals surface area contributed by atoms with Gasteiger partial charge in [-0.05, 0) is 42.0 Å². The van der Waals surface area contributed by atoms with Crippen LogP contribution in [0.5, 0.6) is 17.2 Å². The minimum atomic E-state index is -0.810. The van der Waals surface area contributed by atoms with Crippen LogP contribution in [0.4, 0.5) is 4.79 Å². The molecule has 0 radical (unpaired) electrons. The number of esters is 1. The number of amides is 2. The Balaban J connectivity index is 1.29. The summed E-state index contributed by atoms with van der Waals surface area (Å²) < 4.78 is 18.5. The van der Waals surface area contributed by atoms with E-state index in [2.05, 4.69) is 27.3 Å². The zero-order valence-electron chi connectivity index (χ0n) is 20.6. The van der Waals surface area contributed by atoms with Crippen LogP contribution >= 0.6 is 27.7 Å². The van der Waals surface area contributed by atoms with E-state index in [1.165, 1.54) is 7.11 Å². The van der Waals surface area contributed by atoms with Crippen LogP contribution in [0, 0.1) is 0 Å². The van der Waals surface area contributed by atoms with Crippen molar-refractivity contribution in [2.45, 2.75) is 30.4 Å². The van der Waals surface area contributed by atoms with Crippen LogP contribution in [0.25, 0.3) is 0 Å². The standard InChI is InChI=1S/C28H22BrN3O6S/c1-36-23-11-16(7-9-22(23)37-25(33)14-24-26(34)30-28(35)39-24)27-32-20(18-12-17(29)8-10-21(18)38-27)13-19(31-32)15-5-3-2-4-6-15/h2-12,20,24,27H,13-14H2,1H3,(H,30,34,35)/t20-,24+,27-/m0/s1. The molecular formula is C28H22BrN3O6S. The minimum Gasteiger partial charge on any atom is -0.493 e. The second-order valence-electron chi connectivity index (χ2n) is 9.14. The number of fused-ring (bicyclic) bond motifs is 3. The van der Waals surface area contributed by atoms with Gasteiger partial charge in [-0.3, -0.25) is 19.7 Å². The van der Waals surface area contributed by atoms with Crippen molar-refractivity contribution in [3.63, 3.8) is 0 Å². The largest absolute Gasteiger partial charge is 0.493 e. The molecule has 0 aliphatic carbocycles. The number of nitrogens with zero attached hydrogens (tertiary/aromatic N) is 2. The molecule has 3 aliphatic rings. The SMILES string of the molecule is COc1cc([C@@H]2Oc3ccc(Br)cc3[C@@H]3CC(c4ccccc4)=NN32)ccc1OC(=O)C[C@H]1SC(=O)NC1=O. The molecule has 3 aliphatic heterocycles. The maximum atomic E-state index is 12.5. The van der Waals surface area contributed by atoms with Gasteiger partial charge < -0.3 is 14.2 Å². The molecule has 3 aromatic rings. The first-order valence-corrected chi connectivity index (χ1v) is 13.8. The summed E-state index contributed by atoms with van der Waals surface area (Å²) in [5.74, 6) is 0.154. The van der Waals surface area contributed by atoms with E-state index in [4.69, 9.17) is 19.3 Å². The van der Waals surface area contributed by atoms with Gasteiger partial charge >= 0.3 is 5.97 Å². The van der Waals surface area contributed by atoms with Crippen LogP contribution in [0.3, 0.4) is 0 Å². The van der Waals surface area contributed by atoms with E-state index in [9.17, 15) is 14.4 Å². The van der Waals surface area contributed by atoms with Gasteiger partial charge in [-0.15, -0.1) is 0 Å². The molecule has 2 amide bonds. The summed E-state index contributed by atoms with van der Waals surface area (Å²) in [6, 6.07) is 21.2. The number of imide groups is 1. The quantitative estimate of drug-likeness (QED) is 0.295. The molecule has 0 bridgehead atoms. The summed E-state index contributed by atoms with van der Waals surface area (Å²) in [5, 5.41) is 7.82. The van der Waals surface area contributed by atoms with E-state index in [0.717, 1.165) is 50.8 Å². The number of halogens is 1. The van der Waals surface area contributed by atoms with E-state index in [1.807, 2.05) is 47.5 Å². The van der Waals surface area contributed by atoms with Crippen molar-refractivity contribution in [1.29, 1.82) is 0 Å². The van der Waals surface area contributed by atoms with Crippen LogP contribution in [0.2, 0.25) is 0 Å². The van der Waals surface area contributed by atoms with Crippen LogP contribution in [0.15, 0.2) is 76.3 Å². The van der Waals surface area contributed by atoms with Gasteiger partial charge in [-0.1, -0.05) is 58.0 Å². The molecule has 11 heteroatoms. The lowest BCUT2D eigenvalue weighted by Crippen LogP contribution is -2.33. The lowest BCUT2D eigenvalue weighted by atomic mass is 9.96. The fourth-order valence-corrected chi connectivity index (χ4v) is 6.03. The molecule has 9 nitrogen and oxygen atoms in total. The van der Waals surface area contributed by atoms with E-state index in [0.29, 0.717) is 5.75 Å². The Morgan fingerprint density at radius 2 is 1.95 bits per heavy atom. The number of hydrogen-bond donors (Lipinski definition) is 1. The van der Waals surface area contributed by atoms with Gasteiger partial charge in [-0.25, -0.2) is 5.01 Å². The number of thioether (sulfide) groups is 1. The van der Waals surface area contributed by atoms with Crippen LogP contribution in [0.1, 0.15) is 41.8 Å². The third-order valence-electron chi connectivity index (χ3n) is 6.67. The molecule has 1 saturated heterocycles. The number of hydrazone groups is 1. The predicted molar refractivity (Wildman–Crippen MR) is 148 cm³/mol. The second-order valence-corrected chi connectivity index (χ2v) is 11.2. The number of hydrogen-bond acceptors (Lipinski definition) is 9. The molecule has 198 valence electrons. The Kier molecular flexibility index (Phi) is 6.78. The average Bonchev–Trinajstić information content (AvgIpc) is 3.52. The smallest absolute Gasteiger partial charge is 0.312 e. The fraction of sp³-hybridized carbons (Fsp3) is 0.214. The monoisotopic (exact) mass is 607 g/mol. The van der Waals surface area contributed by atoms with Crippen molar-refractivity contribution >= 4 is 50.5 Å². The van der Waals surface area contributed by atoms with Gasteiger partial charge in [-0.2, -0.15) is 5.10 Å². The lowest BCUT2D eigenvalue weighted by Gasteiger charge is -2.38. The number of nitrogens with one attached hydrogen (secondary N) is 1. The summed E-state index contributed by atoms with van der Waals surface area (Å²) in [6.07, 6.45) is -0.0688. The molecule has 6 rings (SSSR count). The van der Waals surface area contributed by atoms with Gasteiger partial charge in [0.1, 0.15) is 11.0 Å². The maximum absolute atomic E-state index is 12.5. The molecule has 0 saturated carbocycles. The molecule has 39 heavy (non-hydrogen) atoms. The second kappa shape index (κ2) is 10.4. The Morgan fingerprint density at radius 3 is 2.69 bits per heavy atom. The van der Waals surface area contributed by atoms with E-state index < -0.39 is 28.6 Å². The van der Waals surface area contributed by atoms with Crippen molar-refractivity contribution in [2.24, 2.45) is 5.10 Å². The summed E-state index contributed by atoms with van der Waals surface area (Å²) in [4.78, 5) is 35.7. The van der Waals surface area contributed by atoms with Crippen molar-refractivity contribution in [3.8, 4) is 17.2 Å². The first kappa shape index (κ1) is 25.4.